The average Bonchev–Trinajstić information content (AvgIpc) is 3.25. The normalized spacial score (nSPS) is 23.5. The number of rotatable bonds is 8. The van der Waals surface area contributed by atoms with E-state index in [1.165, 1.54) is 71.0 Å². The van der Waals surface area contributed by atoms with E-state index >= 15 is 0 Å². The lowest BCUT2D eigenvalue weighted by Gasteiger charge is -2.35. The quantitative estimate of drug-likeness (QED) is 0.712. The first-order valence-electron chi connectivity index (χ1n) is 8.32. The van der Waals surface area contributed by atoms with Crippen LogP contribution in [-0.2, 0) is 0 Å². The van der Waals surface area contributed by atoms with Crippen LogP contribution >= 0.6 is 0 Å². The highest BCUT2D eigenvalue weighted by atomic mass is 15.2. The van der Waals surface area contributed by atoms with E-state index in [1.54, 1.807) is 0 Å². The zero-order valence-electron chi connectivity index (χ0n) is 12.5. The molecular weight excluding hydrogens is 220 g/mol. The molecule has 1 N–H and O–H groups in total. The van der Waals surface area contributed by atoms with Crippen LogP contribution in [0.1, 0.15) is 65.2 Å². The van der Waals surface area contributed by atoms with E-state index in [0.717, 1.165) is 18.0 Å². The van der Waals surface area contributed by atoms with E-state index in [2.05, 4.69) is 24.1 Å². The van der Waals surface area contributed by atoms with Gasteiger partial charge in [0, 0.05) is 18.6 Å². The minimum Gasteiger partial charge on any atom is -0.312 e. The highest BCUT2D eigenvalue weighted by Crippen LogP contribution is 2.30. The molecule has 0 bridgehead atoms. The molecule has 0 aromatic heterocycles. The van der Waals surface area contributed by atoms with Crippen molar-refractivity contribution >= 4 is 0 Å². The van der Waals surface area contributed by atoms with E-state index in [4.69, 9.17) is 0 Å². The molecular formula is C16H32N2. The molecule has 0 amide bonds. The van der Waals surface area contributed by atoms with Crippen molar-refractivity contribution in [3.63, 3.8) is 0 Å². The van der Waals surface area contributed by atoms with E-state index < -0.39 is 0 Å². The van der Waals surface area contributed by atoms with Gasteiger partial charge in [-0.3, -0.25) is 4.90 Å². The second kappa shape index (κ2) is 7.49. The van der Waals surface area contributed by atoms with Gasteiger partial charge in [0.05, 0.1) is 0 Å². The van der Waals surface area contributed by atoms with Gasteiger partial charge in [-0.2, -0.15) is 0 Å². The summed E-state index contributed by atoms with van der Waals surface area (Å²) in [6, 6.07) is 1.68. The number of nitrogens with one attached hydrogen (secondary N) is 1. The minimum absolute atomic E-state index is 0.755. The lowest BCUT2D eigenvalue weighted by atomic mass is 9.83. The van der Waals surface area contributed by atoms with Gasteiger partial charge in [0.1, 0.15) is 0 Å². The Morgan fingerprint density at radius 3 is 2.33 bits per heavy atom. The lowest BCUT2D eigenvalue weighted by molar-refractivity contribution is 0.182. The third-order valence-corrected chi connectivity index (χ3v) is 4.78. The van der Waals surface area contributed by atoms with Crippen molar-refractivity contribution in [1.29, 1.82) is 0 Å². The Labute approximate surface area is 114 Å². The zero-order valence-corrected chi connectivity index (χ0v) is 12.5. The Morgan fingerprint density at radius 1 is 1.06 bits per heavy atom. The monoisotopic (exact) mass is 252 g/mol. The van der Waals surface area contributed by atoms with Crippen LogP contribution in [0.2, 0.25) is 0 Å². The summed E-state index contributed by atoms with van der Waals surface area (Å²) < 4.78 is 0. The first-order valence-corrected chi connectivity index (χ1v) is 8.32. The highest BCUT2D eigenvalue weighted by molar-refractivity contribution is 4.89. The van der Waals surface area contributed by atoms with Crippen LogP contribution in [0, 0.1) is 5.92 Å². The predicted octanol–water partition coefficient (Wildman–Crippen LogP) is 3.42. The SMILES string of the molecule is CCCNC(CN(CC)C1CC1)C1CCCCC1. The molecule has 1 atom stereocenters. The van der Waals surface area contributed by atoms with Crippen molar-refractivity contribution in [1.82, 2.24) is 10.2 Å². The average molecular weight is 252 g/mol. The maximum Gasteiger partial charge on any atom is 0.0223 e. The topological polar surface area (TPSA) is 15.3 Å². The molecule has 2 rings (SSSR count). The fraction of sp³-hybridized carbons (Fsp3) is 1.00. The van der Waals surface area contributed by atoms with Crippen LogP contribution < -0.4 is 5.32 Å². The summed E-state index contributed by atoms with van der Waals surface area (Å²) in [6.45, 7) is 8.34. The van der Waals surface area contributed by atoms with Gasteiger partial charge < -0.3 is 5.32 Å². The number of likely N-dealkylation sites (N-methyl/N-ethyl adjacent to an activating group) is 1. The van der Waals surface area contributed by atoms with Crippen molar-refractivity contribution in [2.24, 2.45) is 5.92 Å². The summed E-state index contributed by atoms with van der Waals surface area (Å²) in [6.07, 6.45) is 11.5. The number of hydrogen-bond donors (Lipinski definition) is 1. The highest BCUT2D eigenvalue weighted by Gasteiger charge is 2.31. The summed E-state index contributed by atoms with van der Waals surface area (Å²) >= 11 is 0. The summed E-state index contributed by atoms with van der Waals surface area (Å²) in [5.41, 5.74) is 0. The molecule has 2 nitrogen and oxygen atoms in total. The minimum atomic E-state index is 0.755. The molecule has 2 heteroatoms. The second-order valence-electron chi connectivity index (χ2n) is 6.28. The Morgan fingerprint density at radius 2 is 1.78 bits per heavy atom. The van der Waals surface area contributed by atoms with E-state index in [9.17, 15) is 0 Å². The van der Waals surface area contributed by atoms with Gasteiger partial charge in [-0.1, -0.05) is 33.1 Å². The molecule has 18 heavy (non-hydrogen) atoms. The molecule has 0 saturated heterocycles. The smallest absolute Gasteiger partial charge is 0.0223 e. The fourth-order valence-electron chi connectivity index (χ4n) is 3.48. The van der Waals surface area contributed by atoms with Gasteiger partial charge in [-0.15, -0.1) is 0 Å². The lowest BCUT2D eigenvalue weighted by Crippen LogP contribution is -2.47. The Hall–Kier alpha value is -0.0800. The molecule has 2 saturated carbocycles. The van der Waals surface area contributed by atoms with Crippen LogP contribution in [0.3, 0.4) is 0 Å². The maximum absolute atomic E-state index is 3.84. The number of nitrogens with zero attached hydrogens (tertiary/aromatic N) is 1. The summed E-state index contributed by atoms with van der Waals surface area (Å²) in [5.74, 6) is 0.943. The standard InChI is InChI=1S/C16H32N2/c1-3-12-17-16(14-8-6-5-7-9-14)13-18(4-2)15-10-11-15/h14-17H,3-13H2,1-2H3. The van der Waals surface area contributed by atoms with Gasteiger partial charge in [0.2, 0.25) is 0 Å². The number of hydrogen-bond acceptors (Lipinski definition) is 2. The largest absolute Gasteiger partial charge is 0.312 e. The van der Waals surface area contributed by atoms with E-state index in [1.807, 2.05) is 0 Å². The van der Waals surface area contributed by atoms with Gasteiger partial charge in [-0.25, -0.2) is 0 Å². The van der Waals surface area contributed by atoms with Crippen molar-refractivity contribution < 1.29 is 0 Å². The van der Waals surface area contributed by atoms with Crippen molar-refractivity contribution in [3.05, 3.63) is 0 Å². The maximum atomic E-state index is 3.84. The Kier molecular flexibility index (Phi) is 5.97. The van der Waals surface area contributed by atoms with Crippen LogP contribution in [0.5, 0.6) is 0 Å². The second-order valence-corrected chi connectivity index (χ2v) is 6.28. The molecule has 0 heterocycles. The summed E-state index contributed by atoms with van der Waals surface area (Å²) in [4.78, 5) is 2.72. The van der Waals surface area contributed by atoms with Crippen LogP contribution in [0.4, 0.5) is 0 Å². The first-order chi connectivity index (χ1) is 8.85. The molecule has 0 spiro atoms. The molecule has 2 aliphatic carbocycles. The van der Waals surface area contributed by atoms with Crippen molar-refractivity contribution in [2.45, 2.75) is 77.3 Å². The predicted molar refractivity (Wildman–Crippen MR) is 78.9 cm³/mol. The summed E-state index contributed by atoms with van der Waals surface area (Å²) in [5, 5.41) is 3.84. The third kappa shape index (κ3) is 4.24. The van der Waals surface area contributed by atoms with Crippen LogP contribution in [-0.4, -0.2) is 36.6 Å². The van der Waals surface area contributed by atoms with Crippen molar-refractivity contribution in [3.8, 4) is 0 Å². The molecule has 2 aliphatic rings. The molecule has 0 radical (unpaired) electrons. The molecule has 0 aliphatic heterocycles. The van der Waals surface area contributed by atoms with Gasteiger partial charge in [0.25, 0.3) is 0 Å². The Balaban J connectivity index is 1.85. The van der Waals surface area contributed by atoms with E-state index in [-0.39, 0.29) is 0 Å². The molecule has 2 fully saturated rings. The van der Waals surface area contributed by atoms with Gasteiger partial charge in [-0.05, 0) is 51.1 Å². The Bertz CT molecular complexity index is 219. The molecule has 1 unspecified atom stereocenters. The van der Waals surface area contributed by atoms with E-state index in [0.29, 0.717) is 0 Å². The fourth-order valence-corrected chi connectivity index (χ4v) is 3.48. The molecule has 0 aromatic rings. The third-order valence-electron chi connectivity index (χ3n) is 4.78. The van der Waals surface area contributed by atoms with Gasteiger partial charge >= 0.3 is 0 Å². The summed E-state index contributed by atoms with van der Waals surface area (Å²) in [7, 11) is 0. The molecule has 106 valence electrons. The van der Waals surface area contributed by atoms with Crippen molar-refractivity contribution in [2.75, 3.05) is 19.6 Å². The first kappa shape index (κ1) is 14.3. The van der Waals surface area contributed by atoms with Crippen LogP contribution in [0.25, 0.3) is 0 Å². The zero-order chi connectivity index (χ0) is 12.8. The van der Waals surface area contributed by atoms with Crippen LogP contribution in [0.15, 0.2) is 0 Å². The molecule has 0 aromatic carbocycles. The van der Waals surface area contributed by atoms with Gasteiger partial charge in [0.15, 0.2) is 0 Å².